The Morgan fingerprint density at radius 2 is 1.59 bits per heavy atom. The Hall–Kier alpha value is -2.53. The molecule has 4 nitrogen and oxygen atoms in total. The first-order chi connectivity index (χ1) is 13.8. The molecule has 5 heteroatoms. The van der Waals surface area contributed by atoms with Gasteiger partial charge in [-0.25, -0.2) is 4.79 Å². The van der Waals surface area contributed by atoms with E-state index in [0.29, 0.717) is 0 Å². The predicted octanol–water partition coefficient (Wildman–Crippen LogP) is 5.85. The van der Waals surface area contributed by atoms with Crippen LogP contribution in [0.5, 0.6) is 0 Å². The van der Waals surface area contributed by atoms with Crippen molar-refractivity contribution in [3.63, 3.8) is 0 Å². The number of rotatable bonds is 8. The summed E-state index contributed by atoms with van der Waals surface area (Å²) < 4.78 is 5.10. The summed E-state index contributed by atoms with van der Waals surface area (Å²) in [4.78, 5) is 25.5. The zero-order valence-corrected chi connectivity index (χ0v) is 18.5. The van der Waals surface area contributed by atoms with Crippen LogP contribution in [0.2, 0.25) is 0 Å². The molecule has 0 bridgehead atoms. The molecule has 0 aliphatic heterocycles. The summed E-state index contributed by atoms with van der Waals surface area (Å²) in [6.45, 7) is 8.03. The first-order valence-corrected chi connectivity index (χ1v) is 11.0. The van der Waals surface area contributed by atoms with E-state index in [4.69, 9.17) is 4.74 Å². The van der Waals surface area contributed by atoms with E-state index in [1.807, 2.05) is 48.7 Å². The zero-order valence-electron chi connectivity index (χ0n) is 17.7. The second kappa shape index (κ2) is 10.9. The van der Waals surface area contributed by atoms with Gasteiger partial charge in [0.2, 0.25) is 0 Å². The van der Waals surface area contributed by atoms with Crippen molar-refractivity contribution >= 4 is 35.4 Å². The SMILES string of the molecule is CSc1ccc(/C=C/C(=O)OCC(=O)Nc2c(C(C)C)cccc2C(C)C)cc1. The standard InChI is InChI=1S/C24H29NO3S/c1-16(2)20-7-6-8-21(17(3)4)24(20)25-22(26)15-28-23(27)14-11-18-9-12-19(29-5)13-10-18/h6-14,16-17H,15H2,1-5H3,(H,25,26)/b14-11+. The summed E-state index contributed by atoms with van der Waals surface area (Å²) in [7, 11) is 0. The number of nitrogens with one attached hydrogen (secondary N) is 1. The van der Waals surface area contributed by atoms with Crippen LogP contribution in [0.4, 0.5) is 5.69 Å². The molecule has 0 radical (unpaired) electrons. The molecule has 1 amide bonds. The van der Waals surface area contributed by atoms with Gasteiger partial charge in [-0.3, -0.25) is 4.79 Å². The molecule has 2 aromatic rings. The van der Waals surface area contributed by atoms with Crippen molar-refractivity contribution in [2.75, 3.05) is 18.2 Å². The Bertz CT molecular complexity index is 844. The van der Waals surface area contributed by atoms with Crippen molar-refractivity contribution in [2.45, 2.75) is 44.4 Å². The van der Waals surface area contributed by atoms with Crippen LogP contribution in [-0.2, 0) is 14.3 Å². The number of hydrogen-bond donors (Lipinski definition) is 1. The van der Waals surface area contributed by atoms with Gasteiger partial charge in [0.05, 0.1) is 0 Å². The first kappa shape index (κ1) is 22.8. The van der Waals surface area contributed by atoms with Crippen LogP contribution >= 0.6 is 11.8 Å². The molecule has 0 spiro atoms. The highest BCUT2D eigenvalue weighted by Crippen LogP contribution is 2.32. The molecular formula is C24H29NO3S. The highest BCUT2D eigenvalue weighted by molar-refractivity contribution is 7.98. The van der Waals surface area contributed by atoms with Crippen LogP contribution < -0.4 is 5.32 Å². The Morgan fingerprint density at radius 1 is 1.00 bits per heavy atom. The third-order valence-electron chi connectivity index (χ3n) is 4.51. The molecule has 1 N–H and O–H groups in total. The van der Waals surface area contributed by atoms with Gasteiger partial charge in [0.1, 0.15) is 0 Å². The fourth-order valence-corrected chi connectivity index (χ4v) is 3.34. The molecule has 2 rings (SSSR count). The molecule has 0 aliphatic rings. The van der Waals surface area contributed by atoms with Gasteiger partial charge in [-0.15, -0.1) is 11.8 Å². The van der Waals surface area contributed by atoms with Gasteiger partial charge < -0.3 is 10.1 Å². The van der Waals surface area contributed by atoms with Crippen LogP contribution in [0.25, 0.3) is 6.08 Å². The first-order valence-electron chi connectivity index (χ1n) is 9.73. The lowest BCUT2D eigenvalue weighted by atomic mass is 9.92. The summed E-state index contributed by atoms with van der Waals surface area (Å²) in [5.74, 6) is -0.347. The number of ether oxygens (including phenoxy) is 1. The lowest BCUT2D eigenvalue weighted by molar-refractivity contribution is -0.142. The Labute approximate surface area is 177 Å². The van der Waals surface area contributed by atoms with Crippen molar-refractivity contribution < 1.29 is 14.3 Å². The molecule has 154 valence electrons. The Balaban J connectivity index is 1.97. The van der Waals surface area contributed by atoms with Crippen molar-refractivity contribution in [3.8, 4) is 0 Å². The highest BCUT2D eigenvalue weighted by Gasteiger charge is 2.16. The fourth-order valence-electron chi connectivity index (χ4n) is 2.93. The average Bonchev–Trinajstić information content (AvgIpc) is 2.70. The average molecular weight is 412 g/mol. The number of hydrogen-bond acceptors (Lipinski definition) is 4. The number of para-hydroxylation sites is 1. The summed E-state index contributed by atoms with van der Waals surface area (Å²) in [5.41, 5.74) is 3.87. The second-order valence-corrected chi connectivity index (χ2v) is 8.26. The third-order valence-corrected chi connectivity index (χ3v) is 5.25. The molecule has 0 aromatic heterocycles. The van der Waals surface area contributed by atoms with E-state index in [1.54, 1.807) is 17.8 Å². The molecule has 0 heterocycles. The van der Waals surface area contributed by atoms with Gasteiger partial charge in [0, 0.05) is 16.7 Å². The van der Waals surface area contributed by atoms with Crippen molar-refractivity contribution in [1.82, 2.24) is 0 Å². The van der Waals surface area contributed by atoms with Gasteiger partial charge in [-0.05, 0) is 53.0 Å². The van der Waals surface area contributed by atoms with E-state index in [1.165, 1.54) is 6.08 Å². The largest absolute Gasteiger partial charge is 0.452 e. The van der Waals surface area contributed by atoms with Crippen molar-refractivity contribution in [1.29, 1.82) is 0 Å². The van der Waals surface area contributed by atoms with E-state index < -0.39 is 5.97 Å². The number of esters is 1. The number of anilines is 1. The quantitative estimate of drug-likeness (QED) is 0.336. The number of carbonyl (C=O) groups excluding carboxylic acids is 2. The van der Waals surface area contributed by atoms with Crippen molar-refractivity contribution in [2.24, 2.45) is 0 Å². The van der Waals surface area contributed by atoms with E-state index >= 15 is 0 Å². The molecule has 0 saturated carbocycles. The monoisotopic (exact) mass is 411 g/mol. The Morgan fingerprint density at radius 3 is 2.10 bits per heavy atom. The molecule has 0 unspecified atom stereocenters. The topological polar surface area (TPSA) is 55.4 Å². The summed E-state index contributed by atoms with van der Waals surface area (Å²) in [5, 5.41) is 2.94. The minimum Gasteiger partial charge on any atom is -0.452 e. The van der Waals surface area contributed by atoms with Crippen LogP contribution in [0.1, 0.15) is 56.2 Å². The lowest BCUT2D eigenvalue weighted by Gasteiger charge is -2.20. The summed E-state index contributed by atoms with van der Waals surface area (Å²) >= 11 is 1.66. The van der Waals surface area contributed by atoms with E-state index in [2.05, 4.69) is 33.0 Å². The maximum Gasteiger partial charge on any atom is 0.331 e. The zero-order chi connectivity index (χ0) is 21.4. The molecule has 0 saturated heterocycles. The minimum absolute atomic E-state index is 0.270. The summed E-state index contributed by atoms with van der Waals surface area (Å²) in [6.07, 6.45) is 5.02. The highest BCUT2D eigenvalue weighted by atomic mass is 32.2. The molecule has 0 aliphatic carbocycles. The van der Waals surface area contributed by atoms with Gasteiger partial charge in [0.15, 0.2) is 6.61 Å². The van der Waals surface area contributed by atoms with Crippen LogP contribution in [0, 0.1) is 0 Å². The lowest BCUT2D eigenvalue weighted by Crippen LogP contribution is -2.22. The third kappa shape index (κ3) is 6.79. The van der Waals surface area contributed by atoms with Gasteiger partial charge >= 0.3 is 5.97 Å². The Kier molecular flexibility index (Phi) is 8.52. The number of carbonyl (C=O) groups is 2. The second-order valence-electron chi connectivity index (χ2n) is 7.38. The van der Waals surface area contributed by atoms with Gasteiger partial charge in [0.25, 0.3) is 5.91 Å². The predicted molar refractivity (Wildman–Crippen MR) is 121 cm³/mol. The van der Waals surface area contributed by atoms with E-state index in [9.17, 15) is 9.59 Å². The molecule has 2 aromatic carbocycles. The molecular weight excluding hydrogens is 382 g/mol. The van der Waals surface area contributed by atoms with E-state index in [0.717, 1.165) is 27.3 Å². The smallest absolute Gasteiger partial charge is 0.331 e. The minimum atomic E-state index is -0.546. The maximum atomic E-state index is 12.4. The number of benzene rings is 2. The van der Waals surface area contributed by atoms with Crippen molar-refractivity contribution in [3.05, 3.63) is 65.2 Å². The van der Waals surface area contributed by atoms with Gasteiger partial charge in [-0.2, -0.15) is 0 Å². The van der Waals surface area contributed by atoms with Crippen LogP contribution in [0.3, 0.4) is 0 Å². The van der Waals surface area contributed by atoms with Crippen LogP contribution in [-0.4, -0.2) is 24.7 Å². The summed E-state index contributed by atoms with van der Waals surface area (Å²) in [6, 6.07) is 13.9. The number of amides is 1. The number of thioether (sulfide) groups is 1. The van der Waals surface area contributed by atoms with Crippen LogP contribution in [0.15, 0.2) is 53.4 Å². The van der Waals surface area contributed by atoms with E-state index in [-0.39, 0.29) is 24.3 Å². The molecule has 29 heavy (non-hydrogen) atoms. The normalized spacial score (nSPS) is 11.3. The molecule has 0 atom stereocenters. The molecule has 0 fully saturated rings. The fraction of sp³-hybridized carbons (Fsp3) is 0.333. The van der Waals surface area contributed by atoms with Gasteiger partial charge in [-0.1, -0.05) is 58.0 Å². The maximum absolute atomic E-state index is 12.4.